The van der Waals surface area contributed by atoms with E-state index in [1.165, 1.54) is 308 Å². The SMILES string of the molecule is CCCCCCCCCCCCCCCCCCC/C=C/CC/C=C/CC/C=C/C(O)C(COC1OC(CO)C(OC2OC(CO)C(OC3OC(CO)C(O)C(O)C3O)C(O)C2O)C(O)C1O)NC(=O)CCCCCCCCCCCCCCCCCCCCCCCCCCCCCCCCCCCCC. The largest absolute Gasteiger partial charge is 0.394 e. The molecule has 0 spiro atoms. The summed E-state index contributed by atoms with van der Waals surface area (Å²) < 4.78 is 34.5. The van der Waals surface area contributed by atoms with Crippen LogP contribution in [0.2, 0.25) is 0 Å². The Morgan fingerprint density at radius 3 is 0.935 bits per heavy atom. The van der Waals surface area contributed by atoms with E-state index in [1.54, 1.807) is 6.08 Å². The number of carbonyl (C=O) groups excluding carboxylic acids is 1. The van der Waals surface area contributed by atoms with Crippen molar-refractivity contribution in [2.75, 3.05) is 26.4 Å². The minimum absolute atomic E-state index is 0.237. The molecule has 3 aliphatic rings. The van der Waals surface area contributed by atoms with Crippen LogP contribution in [-0.2, 0) is 33.2 Å². The van der Waals surface area contributed by atoms with Crippen LogP contribution in [0.25, 0.3) is 0 Å². The van der Waals surface area contributed by atoms with Crippen LogP contribution in [-0.4, -0.2) is 193 Å². The highest BCUT2D eigenvalue weighted by atomic mass is 16.8. The van der Waals surface area contributed by atoms with Crippen LogP contribution in [0.3, 0.4) is 0 Å². The maximum Gasteiger partial charge on any atom is 0.220 e. The first-order chi connectivity index (χ1) is 52.3. The lowest BCUT2D eigenvalue weighted by molar-refractivity contribution is -0.379. The summed E-state index contributed by atoms with van der Waals surface area (Å²) in [6, 6.07) is -0.997. The third-order valence-corrected chi connectivity index (χ3v) is 22.4. The van der Waals surface area contributed by atoms with Crippen LogP contribution >= 0.6 is 0 Å². The van der Waals surface area contributed by atoms with Crippen LogP contribution in [0.4, 0.5) is 0 Å². The first kappa shape index (κ1) is 99.2. The van der Waals surface area contributed by atoms with Crippen LogP contribution in [0.1, 0.15) is 386 Å². The summed E-state index contributed by atoms with van der Waals surface area (Å²) in [6.07, 6.45) is 60.3. The number of nitrogens with one attached hydrogen (secondary N) is 1. The molecule has 17 unspecified atom stereocenters. The molecule has 630 valence electrons. The zero-order valence-electron chi connectivity index (χ0n) is 67.9. The summed E-state index contributed by atoms with van der Waals surface area (Å²) in [4.78, 5) is 13.5. The number of aliphatic hydroxyl groups is 11. The highest BCUT2D eigenvalue weighted by Crippen LogP contribution is 2.34. The summed E-state index contributed by atoms with van der Waals surface area (Å²) >= 11 is 0. The zero-order valence-corrected chi connectivity index (χ0v) is 67.9. The third kappa shape index (κ3) is 47.5. The molecule has 3 rings (SSSR count). The number of aliphatic hydroxyl groups excluding tert-OH is 11. The molecule has 0 aromatic rings. The highest BCUT2D eigenvalue weighted by molar-refractivity contribution is 5.76. The summed E-state index contributed by atoms with van der Waals surface area (Å²) in [7, 11) is 0. The quantitative estimate of drug-likeness (QED) is 0.0199. The number of carbonyl (C=O) groups is 1. The van der Waals surface area contributed by atoms with Gasteiger partial charge in [-0.1, -0.05) is 371 Å². The van der Waals surface area contributed by atoms with Gasteiger partial charge in [0.25, 0.3) is 0 Å². The molecular formula is C88H165NO18. The van der Waals surface area contributed by atoms with Gasteiger partial charge in [0.1, 0.15) is 73.2 Å². The van der Waals surface area contributed by atoms with Gasteiger partial charge >= 0.3 is 0 Å². The van der Waals surface area contributed by atoms with Crippen molar-refractivity contribution in [2.24, 2.45) is 0 Å². The molecule has 0 radical (unpaired) electrons. The molecule has 3 aliphatic heterocycles. The van der Waals surface area contributed by atoms with Crippen molar-refractivity contribution < 1.29 is 89.4 Å². The lowest BCUT2D eigenvalue weighted by Crippen LogP contribution is -2.66. The third-order valence-electron chi connectivity index (χ3n) is 22.4. The molecular weight excluding hydrogens is 1360 g/mol. The Bertz CT molecular complexity index is 2070. The second kappa shape index (κ2) is 68.4. The fourth-order valence-electron chi connectivity index (χ4n) is 15.3. The Labute approximate surface area is 651 Å². The van der Waals surface area contributed by atoms with Crippen molar-refractivity contribution in [1.82, 2.24) is 5.32 Å². The van der Waals surface area contributed by atoms with Gasteiger partial charge in [0, 0.05) is 6.42 Å². The lowest BCUT2D eigenvalue weighted by Gasteiger charge is -2.48. The average Bonchev–Trinajstić information content (AvgIpc) is 0.782. The monoisotopic (exact) mass is 1520 g/mol. The van der Waals surface area contributed by atoms with Gasteiger partial charge in [-0.05, 0) is 44.9 Å². The van der Waals surface area contributed by atoms with Gasteiger partial charge in [-0.25, -0.2) is 0 Å². The molecule has 3 fully saturated rings. The van der Waals surface area contributed by atoms with Crippen molar-refractivity contribution in [3.05, 3.63) is 36.5 Å². The van der Waals surface area contributed by atoms with Gasteiger partial charge in [-0.3, -0.25) is 4.79 Å². The molecule has 0 aromatic carbocycles. The molecule has 19 nitrogen and oxygen atoms in total. The molecule has 0 bridgehead atoms. The van der Waals surface area contributed by atoms with E-state index in [0.29, 0.717) is 12.8 Å². The van der Waals surface area contributed by atoms with Gasteiger partial charge in [-0.2, -0.15) is 0 Å². The van der Waals surface area contributed by atoms with E-state index in [0.717, 1.165) is 44.9 Å². The number of rotatable bonds is 73. The molecule has 3 saturated heterocycles. The van der Waals surface area contributed by atoms with Crippen LogP contribution < -0.4 is 5.32 Å². The molecule has 0 aromatic heterocycles. The molecule has 19 heteroatoms. The normalized spacial score (nSPS) is 25.6. The Hall–Kier alpha value is -1.99. The van der Waals surface area contributed by atoms with E-state index in [4.69, 9.17) is 28.4 Å². The Morgan fingerprint density at radius 1 is 0.327 bits per heavy atom. The fourth-order valence-corrected chi connectivity index (χ4v) is 15.3. The van der Waals surface area contributed by atoms with Crippen LogP contribution in [0.5, 0.6) is 0 Å². The predicted molar refractivity (Wildman–Crippen MR) is 429 cm³/mol. The minimum Gasteiger partial charge on any atom is -0.394 e. The first-order valence-electron chi connectivity index (χ1n) is 44.7. The smallest absolute Gasteiger partial charge is 0.220 e. The number of unbranched alkanes of at least 4 members (excludes halogenated alkanes) is 53. The van der Waals surface area contributed by atoms with E-state index >= 15 is 0 Å². The van der Waals surface area contributed by atoms with E-state index in [9.17, 15) is 61.0 Å². The van der Waals surface area contributed by atoms with Crippen molar-refractivity contribution in [3.8, 4) is 0 Å². The van der Waals surface area contributed by atoms with Gasteiger partial charge in [0.15, 0.2) is 18.9 Å². The maximum absolute atomic E-state index is 13.5. The standard InChI is InChI=1S/C88H165NO18/c1-3-5-7-9-11-13-15-17-19-21-23-25-27-29-31-32-33-34-35-36-37-38-40-42-44-46-48-50-52-54-56-58-60-62-64-66-76(94)89-71(72(93)65-63-61-59-57-55-53-51-49-47-45-43-41-39-30-28-26-24-22-20-18-16-14-12-10-8-6-4-2)70-102-86-82(100)79(97)84(74(68-91)104-86)107-88-83(101)80(98)85(75(69-92)105-88)106-87-81(99)78(96)77(95)73(67-90)103-87/h47,49,55,57,63,65,71-75,77-88,90-93,95-101H,3-46,48,50-54,56,58-62,64,66-70H2,1-2H3,(H,89,94)/b49-47+,57-55+,65-63+. The van der Waals surface area contributed by atoms with Crippen molar-refractivity contribution >= 4 is 5.91 Å². The first-order valence-corrected chi connectivity index (χ1v) is 44.7. The summed E-state index contributed by atoms with van der Waals surface area (Å²) in [6.45, 7) is 1.78. The van der Waals surface area contributed by atoms with Gasteiger partial charge in [0.05, 0.1) is 38.6 Å². The topological polar surface area (TPSA) is 307 Å². The Kier molecular flexibility index (Phi) is 63.4. The fraction of sp³-hybridized carbons (Fsp3) is 0.920. The second-order valence-electron chi connectivity index (χ2n) is 32.1. The summed E-state index contributed by atoms with van der Waals surface area (Å²) in [5.41, 5.74) is 0. The predicted octanol–water partition coefficient (Wildman–Crippen LogP) is 16.6. The van der Waals surface area contributed by atoms with Gasteiger partial charge < -0.3 is 89.9 Å². The van der Waals surface area contributed by atoms with Crippen molar-refractivity contribution in [3.63, 3.8) is 0 Å². The van der Waals surface area contributed by atoms with E-state index in [2.05, 4.69) is 43.5 Å². The van der Waals surface area contributed by atoms with Crippen molar-refractivity contribution in [1.29, 1.82) is 0 Å². The van der Waals surface area contributed by atoms with Gasteiger partial charge in [-0.15, -0.1) is 0 Å². The number of hydrogen-bond donors (Lipinski definition) is 12. The lowest BCUT2D eigenvalue weighted by atomic mass is 9.96. The molecule has 1 amide bonds. The van der Waals surface area contributed by atoms with Crippen LogP contribution in [0, 0.1) is 0 Å². The molecule has 107 heavy (non-hydrogen) atoms. The average molecular weight is 1530 g/mol. The van der Waals surface area contributed by atoms with E-state index in [-0.39, 0.29) is 18.9 Å². The zero-order chi connectivity index (χ0) is 77.4. The number of hydrogen-bond acceptors (Lipinski definition) is 18. The molecule has 12 N–H and O–H groups in total. The number of amides is 1. The van der Waals surface area contributed by atoms with E-state index < -0.39 is 124 Å². The second-order valence-corrected chi connectivity index (χ2v) is 32.1. The van der Waals surface area contributed by atoms with E-state index in [1.807, 2.05) is 6.08 Å². The number of ether oxygens (including phenoxy) is 6. The minimum atomic E-state index is -1.98. The molecule has 17 atom stereocenters. The maximum atomic E-state index is 13.5. The molecule has 0 saturated carbocycles. The summed E-state index contributed by atoms with van der Waals surface area (Å²) in [5, 5.41) is 121. The van der Waals surface area contributed by atoms with Gasteiger partial charge in [0.2, 0.25) is 5.91 Å². The molecule has 0 aliphatic carbocycles. The molecule has 3 heterocycles. The Balaban J connectivity index is 1.34. The van der Waals surface area contributed by atoms with Crippen LogP contribution in [0.15, 0.2) is 36.5 Å². The summed E-state index contributed by atoms with van der Waals surface area (Å²) in [5.74, 6) is -0.281. The number of allylic oxidation sites excluding steroid dienone is 5. The Morgan fingerprint density at radius 2 is 0.598 bits per heavy atom. The van der Waals surface area contributed by atoms with Crippen molar-refractivity contribution in [2.45, 2.75) is 491 Å². The highest BCUT2D eigenvalue weighted by Gasteiger charge is 2.54.